The van der Waals surface area contributed by atoms with Gasteiger partial charge in [0.1, 0.15) is 11.8 Å². The number of nitrogens with one attached hydrogen (secondary N) is 1. The molecule has 0 aromatic heterocycles. The molecule has 2 amide bonds. The smallest absolute Gasteiger partial charge is 0.243 e. The van der Waals surface area contributed by atoms with Crippen LogP contribution in [0.25, 0.3) is 0 Å². The molecule has 0 saturated heterocycles. The number of halogens is 1. The van der Waals surface area contributed by atoms with Gasteiger partial charge >= 0.3 is 0 Å². The van der Waals surface area contributed by atoms with Gasteiger partial charge in [0.05, 0.1) is 7.11 Å². The van der Waals surface area contributed by atoms with Gasteiger partial charge in [0, 0.05) is 31.0 Å². The summed E-state index contributed by atoms with van der Waals surface area (Å²) in [6.07, 6.45) is 0.737. The van der Waals surface area contributed by atoms with Crippen LogP contribution in [0.15, 0.2) is 78.9 Å². The second kappa shape index (κ2) is 12.1. The SMILES string of the molecule is CCC(=O)N(Cc1ccc(OC)cc1)[C@H](Cc1ccccc1)C(=O)NCc1ccc(Cl)cc1. The Balaban J connectivity index is 1.84. The van der Waals surface area contributed by atoms with Crippen molar-refractivity contribution in [1.29, 1.82) is 0 Å². The summed E-state index contributed by atoms with van der Waals surface area (Å²) in [5.41, 5.74) is 2.86. The molecule has 0 radical (unpaired) electrons. The van der Waals surface area contributed by atoms with Crippen LogP contribution >= 0.6 is 11.6 Å². The first-order valence-corrected chi connectivity index (χ1v) is 11.4. The van der Waals surface area contributed by atoms with Crippen molar-refractivity contribution in [3.63, 3.8) is 0 Å². The average Bonchev–Trinajstić information content (AvgIpc) is 2.86. The molecule has 3 aromatic rings. The summed E-state index contributed by atoms with van der Waals surface area (Å²) in [4.78, 5) is 28.1. The van der Waals surface area contributed by atoms with Crippen molar-refractivity contribution in [2.24, 2.45) is 0 Å². The quantitative estimate of drug-likeness (QED) is 0.458. The molecule has 0 bridgehead atoms. The predicted molar refractivity (Wildman–Crippen MR) is 131 cm³/mol. The molecule has 0 fully saturated rings. The molecule has 1 N–H and O–H groups in total. The summed E-state index contributed by atoms with van der Waals surface area (Å²) >= 11 is 5.96. The summed E-state index contributed by atoms with van der Waals surface area (Å²) in [5.74, 6) is 0.478. The number of amides is 2. The maximum absolute atomic E-state index is 13.4. The Bertz CT molecular complexity index is 1040. The van der Waals surface area contributed by atoms with Crippen molar-refractivity contribution in [1.82, 2.24) is 10.2 Å². The van der Waals surface area contributed by atoms with Crippen LogP contribution in [0.1, 0.15) is 30.0 Å². The summed E-state index contributed by atoms with van der Waals surface area (Å²) in [7, 11) is 1.61. The molecule has 0 unspecified atom stereocenters. The Hall–Kier alpha value is -3.31. The van der Waals surface area contributed by atoms with Crippen LogP contribution in [0.4, 0.5) is 0 Å². The Morgan fingerprint density at radius 3 is 2.15 bits per heavy atom. The number of carbonyl (C=O) groups is 2. The minimum absolute atomic E-state index is 0.0756. The van der Waals surface area contributed by atoms with Gasteiger partial charge in [-0.2, -0.15) is 0 Å². The minimum atomic E-state index is -0.644. The summed E-state index contributed by atoms with van der Waals surface area (Å²) in [5, 5.41) is 3.65. The molecular weight excluding hydrogens is 436 g/mol. The van der Waals surface area contributed by atoms with E-state index < -0.39 is 6.04 Å². The first kappa shape index (κ1) is 24.3. The summed E-state index contributed by atoms with van der Waals surface area (Å²) in [6, 6.07) is 24.0. The van der Waals surface area contributed by atoms with E-state index in [2.05, 4.69) is 5.32 Å². The van der Waals surface area contributed by atoms with Crippen LogP contribution in [0.2, 0.25) is 5.02 Å². The number of carbonyl (C=O) groups excluding carboxylic acids is 2. The number of hydrogen-bond donors (Lipinski definition) is 1. The molecule has 6 heteroatoms. The van der Waals surface area contributed by atoms with E-state index in [-0.39, 0.29) is 11.8 Å². The normalized spacial score (nSPS) is 11.5. The number of rotatable bonds is 10. The third kappa shape index (κ3) is 7.09. The van der Waals surface area contributed by atoms with Gasteiger partial charge in [-0.15, -0.1) is 0 Å². The highest BCUT2D eigenvalue weighted by Gasteiger charge is 2.29. The predicted octanol–water partition coefficient (Wildman–Crippen LogP) is 5.01. The number of hydrogen-bond acceptors (Lipinski definition) is 3. The molecule has 0 aliphatic rings. The van der Waals surface area contributed by atoms with Crippen molar-refractivity contribution in [2.75, 3.05) is 7.11 Å². The third-order valence-corrected chi connectivity index (χ3v) is 5.72. The monoisotopic (exact) mass is 464 g/mol. The van der Waals surface area contributed by atoms with Crippen LogP contribution < -0.4 is 10.1 Å². The Morgan fingerprint density at radius 2 is 1.55 bits per heavy atom. The van der Waals surface area contributed by atoms with Gasteiger partial charge in [-0.3, -0.25) is 9.59 Å². The average molecular weight is 465 g/mol. The molecule has 0 aliphatic carbocycles. The van der Waals surface area contributed by atoms with Crippen molar-refractivity contribution in [2.45, 2.75) is 38.9 Å². The number of ether oxygens (including phenoxy) is 1. The zero-order valence-electron chi connectivity index (χ0n) is 19.0. The fraction of sp³-hybridized carbons (Fsp3) is 0.259. The highest BCUT2D eigenvalue weighted by Crippen LogP contribution is 2.18. The largest absolute Gasteiger partial charge is 0.497 e. The molecule has 0 saturated carbocycles. The lowest BCUT2D eigenvalue weighted by molar-refractivity contribution is -0.141. The van der Waals surface area contributed by atoms with E-state index in [0.717, 1.165) is 22.4 Å². The lowest BCUT2D eigenvalue weighted by Gasteiger charge is -2.31. The molecule has 0 spiro atoms. The fourth-order valence-electron chi connectivity index (χ4n) is 3.59. The van der Waals surface area contributed by atoms with Crippen molar-refractivity contribution < 1.29 is 14.3 Å². The number of nitrogens with zero attached hydrogens (tertiary/aromatic N) is 1. The zero-order chi connectivity index (χ0) is 23.6. The second-order valence-corrected chi connectivity index (χ2v) is 8.21. The number of methoxy groups -OCH3 is 1. The van der Waals surface area contributed by atoms with E-state index in [0.29, 0.717) is 31.0 Å². The van der Waals surface area contributed by atoms with Gasteiger partial charge in [0.25, 0.3) is 0 Å². The van der Waals surface area contributed by atoms with Gasteiger partial charge in [0.15, 0.2) is 0 Å². The lowest BCUT2D eigenvalue weighted by atomic mass is 10.0. The summed E-state index contributed by atoms with van der Waals surface area (Å²) < 4.78 is 5.24. The van der Waals surface area contributed by atoms with E-state index in [4.69, 9.17) is 16.3 Å². The molecule has 172 valence electrons. The molecule has 33 heavy (non-hydrogen) atoms. The van der Waals surface area contributed by atoms with Gasteiger partial charge in [-0.1, -0.05) is 73.1 Å². The van der Waals surface area contributed by atoms with Crippen molar-refractivity contribution >= 4 is 23.4 Å². The van der Waals surface area contributed by atoms with Crippen LogP contribution in [0, 0.1) is 0 Å². The number of benzene rings is 3. The first-order valence-electron chi connectivity index (χ1n) is 11.0. The van der Waals surface area contributed by atoms with Crippen molar-refractivity contribution in [3.8, 4) is 5.75 Å². The van der Waals surface area contributed by atoms with Crippen LogP contribution in [-0.2, 0) is 29.1 Å². The molecule has 0 heterocycles. The molecule has 1 atom stereocenters. The Labute approximate surface area is 200 Å². The third-order valence-electron chi connectivity index (χ3n) is 5.47. The van der Waals surface area contributed by atoms with E-state index in [9.17, 15) is 9.59 Å². The van der Waals surface area contributed by atoms with E-state index in [1.54, 1.807) is 24.1 Å². The van der Waals surface area contributed by atoms with Gasteiger partial charge in [0.2, 0.25) is 11.8 Å². The lowest BCUT2D eigenvalue weighted by Crippen LogP contribution is -2.50. The van der Waals surface area contributed by atoms with E-state index in [1.807, 2.05) is 73.7 Å². The van der Waals surface area contributed by atoms with Gasteiger partial charge in [-0.25, -0.2) is 0 Å². The maximum atomic E-state index is 13.4. The van der Waals surface area contributed by atoms with Crippen LogP contribution in [0.5, 0.6) is 5.75 Å². The van der Waals surface area contributed by atoms with Crippen LogP contribution in [-0.4, -0.2) is 29.9 Å². The minimum Gasteiger partial charge on any atom is -0.497 e. The zero-order valence-corrected chi connectivity index (χ0v) is 19.7. The summed E-state index contributed by atoms with van der Waals surface area (Å²) in [6.45, 7) is 2.51. The molecule has 5 nitrogen and oxygen atoms in total. The highest BCUT2D eigenvalue weighted by atomic mass is 35.5. The van der Waals surface area contributed by atoms with E-state index >= 15 is 0 Å². The standard InChI is InChI=1S/C27H29ClN2O3/c1-3-26(31)30(19-22-11-15-24(33-2)16-12-22)25(17-20-7-5-4-6-8-20)27(32)29-18-21-9-13-23(28)14-10-21/h4-16,25H,3,17-19H2,1-2H3,(H,29,32)/t25-/m1/s1. The maximum Gasteiger partial charge on any atom is 0.243 e. The molecular formula is C27H29ClN2O3. The van der Waals surface area contributed by atoms with Gasteiger partial charge < -0.3 is 15.0 Å². The Morgan fingerprint density at radius 1 is 0.909 bits per heavy atom. The van der Waals surface area contributed by atoms with E-state index in [1.165, 1.54) is 0 Å². The highest BCUT2D eigenvalue weighted by molar-refractivity contribution is 6.30. The van der Waals surface area contributed by atoms with Gasteiger partial charge in [-0.05, 0) is 41.0 Å². The fourth-order valence-corrected chi connectivity index (χ4v) is 3.72. The Kier molecular flexibility index (Phi) is 8.90. The molecule has 3 aromatic carbocycles. The van der Waals surface area contributed by atoms with Crippen molar-refractivity contribution in [3.05, 3.63) is 101 Å². The first-order chi connectivity index (χ1) is 16.0. The van der Waals surface area contributed by atoms with Crippen LogP contribution in [0.3, 0.4) is 0 Å². The second-order valence-electron chi connectivity index (χ2n) is 7.77. The molecule has 0 aliphatic heterocycles. The topological polar surface area (TPSA) is 58.6 Å². The molecule has 3 rings (SSSR count).